The fraction of sp³-hybridized carbons (Fsp3) is 0.429. The monoisotopic (exact) mass is 283 g/mol. The van der Waals surface area contributed by atoms with Crippen molar-refractivity contribution >= 4 is 23.3 Å². The van der Waals surface area contributed by atoms with E-state index in [-0.39, 0.29) is 17.7 Å². The minimum absolute atomic E-state index is 0.0501. The highest BCUT2D eigenvalue weighted by molar-refractivity contribution is 6.32. The summed E-state index contributed by atoms with van der Waals surface area (Å²) in [6.45, 7) is 6.86. The van der Waals surface area contributed by atoms with Crippen LogP contribution in [0.2, 0.25) is 5.02 Å². The number of nitrogens with one attached hydrogen (secondary N) is 1. The third-order valence-electron chi connectivity index (χ3n) is 2.44. The highest BCUT2D eigenvalue weighted by Crippen LogP contribution is 2.26. The van der Waals surface area contributed by atoms with E-state index in [1.807, 2.05) is 13.8 Å². The van der Waals surface area contributed by atoms with Gasteiger partial charge in [0.05, 0.1) is 5.02 Å². The highest BCUT2D eigenvalue weighted by Gasteiger charge is 2.17. The number of halogens is 1. The number of hydrogen-bond acceptors (Lipinski definition) is 3. The highest BCUT2D eigenvalue weighted by atomic mass is 35.5. The Morgan fingerprint density at radius 2 is 1.89 bits per heavy atom. The van der Waals surface area contributed by atoms with E-state index in [1.54, 1.807) is 19.1 Å². The maximum atomic E-state index is 11.7. The molecule has 0 aromatic heterocycles. The van der Waals surface area contributed by atoms with Gasteiger partial charge in [0.25, 0.3) is 5.91 Å². The molecule has 0 radical (unpaired) electrons. The zero-order valence-electron chi connectivity index (χ0n) is 11.5. The lowest BCUT2D eigenvalue weighted by atomic mass is 10.1. The molecule has 1 amide bonds. The molecule has 4 nitrogen and oxygen atoms in total. The average Bonchev–Trinajstić information content (AvgIpc) is 2.30. The first-order valence-corrected chi connectivity index (χ1v) is 6.46. The molecule has 5 heteroatoms. The van der Waals surface area contributed by atoms with E-state index in [0.717, 1.165) is 0 Å². The van der Waals surface area contributed by atoms with Crippen molar-refractivity contribution in [3.05, 3.63) is 28.8 Å². The molecule has 0 bridgehead atoms. The van der Waals surface area contributed by atoms with Crippen LogP contribution in [0.1, 0.15) is 38.1 Å². The lowest BCUT2D eigenvalue weighted by molar-refractivity contribution is -0.127. The Hall–Kier alpha value is -1.55. The van der Waals surface area contributed by atoms with Gasteiger partial charge in [-0.3, -0.25) is 9.59 Å². The summed E-state index contributed by atoms with van der Waals surface area (Å²) in [6, 6.07) is 4.80. The van der Waals surface area contributed by atoms with Gasteiger partial charge in [-0.25, -0.2) is 0 Å². The van der Waals surface area contributed by atoms with Gasteiger partial charge in [-0.15, -0.1) is 0 Å². The van der Waals surface area contributed by atoms with Crippen molar-refractivity contribution in [2.75, 3.05) is 0 Å². The van der Waals surface area contributed by atoms with Gasteiger partial charge < -0.3 is 10.1 Å². The third-order valence-corrected chi connectivity index (χ3v) is 2.74. The first-order valence-electron chi connectivity index (χ1n) is 6.08. The minimum atomic E-state index is -0.650. The molecule has 1 aromatic rings. The largest absolute Gasteiger partial charge is 0.479 e. The summed E-state index contributed by atoms with van der Waals surface area (Å²) in [6.07, 6.45) is -0.650. The van der Waals surface area contributed by atoms with E-state index < -0.39 is 6.10 Å². The standard InChI is InChI=1S/C14H18ClNO3/c1-8(2)16-14(18)10(4)19-13-6-5-11(9(3)17)7-12(13)15/h5-8,10H,1-4H3,(H,16,18). The number of rotatable bonds is 5. The van der Waals surface area contributed by atoms with Gasteiger partial charge in [-0.2, -0.15) is 0 Å². The molecule has 0 spiro atoms. The molecule has 1 unspecified atom stereocenters. The van der Waals surface area contributed by atoms with E-state index in [2.05, 4.69) is 5.32 Å². The van der Waals surface area contributed by atoms with E-state index in [9.17, 15) is 9.59 Å². The van der Waals surface area contributed by atoms with Gasteiger partial charge in [0.1, 0.15) is 5.75 Å². The summed E-state index contributed by atoms with van der Waals surface area (Å²) >= 11 is 6.02. The second kappa shape index (κ2) is 6.57. The van der Waals surface area contributed by atoms with Gasteiger partial charge >= 0.3 is 0 Å². The quantitative estimate of drug-likeness (QED) is 0.846. The van der Waals surface area contributed by atoms with Crippen molar-refractivity contribution in [3.63, 3.8) is 0 Å². The molecule has 0 fully saturated rings. The SMILES string of the molecule is CC(=O)c1ccc(OC(C)C(=O)NC(C)C)c(Cl)c1. The fourth-order valence-corrected chi connectivity index (χ4v) is 1.69. The third kappa shape index (κ3) is 4.56. The minimum Gasteiger partial charge on any atom is -0.479 e. The summed E-state index contributed by atoms with van der Waals surface area (Å²) in [5.74, 6) is 0.110. The predicted molar refractivity (Wildman–Crippen MR) is 74.8 cm³/mol. The van der Waals surface area contributed by atoms with Crippen molar-refractivity contribution in [1.29, 1.82) is 0 Å². The van der Waals surface area contributed by atoms with Crippen molar-refractivity contribution in [1.82, 2.24) is 5.32 Å². The molecule has 104 valence electrons. The number of Topliss-reactive ketones (excluding diaryl/α,β-unsaturated/α-hetero) is 1. The van der Waals surface area contributed by atoms with Crippen LogP contribution in [-0.2, 0) is 4.79 Å². The summed E-state index contributed by atoms with van der Waals surface area (Å²) in [5, 5.41) is 3.07. The van der Waals surface area contributed by atoms with E-state index in [0.29, 0.717) is 16.3 Å². The van der Waals surface area contributed by atoms with E-state index >= 15 is 0 Å². The van der Waals surface area contributed by atoms with Crippen LogP contribution >= 0.6 is 11.6 Å². The Labute approximate surface area is 118 Å². The van der Waals surface area contributed by atoms with Crippen molar-refractivity contribution < 1.29 is 14.3 Å². The molecule has 1 N–H and O–H groups in total. The van der Waals surface area contributed by atoms with Gasteiger partial charge in [-0.05, 0) is 45.9 Å². The molecule has 0 saturated carbocycles. The fourth-order valence-electron chi connectivity index (χ4n) is 1.46. The molecule has 1 rings (SSSR count). The Morgan fingerprint density at radius 3 is 2.37 bits per heavy atom. The first-order chi connectivity index (χ1) is 8.81. The topological polar surface area (TPSA) is 55.4 Å². The zero-order valence-corrected chi connectivity index (χ0v) is 12.2. The zero-order chi connectivity index (χ0) is 14.6. The second-order valence-electron chi connectivity index (χ2n) is 4.62. The van der Waals surface area contributed by atoms with Crippen molar-refractivity contribution in [3.8, 4) is 5.75 Å². The van der Waals surface area contributed by atoms with E-state index in [1.165, 1.54) is 13.0 Å². The number of ketones is 1. The molecular formula is C14H18ClNO3. The van der Waals surface area contributed by atoms with Crippen LogP contribution in [0.15, 0.2) is 18.2 Å². The van der Waals surface area contributed by atoms with Crippen LogP contribution in [-0.4, -0.2) is 23.8 Å². The number of ether oxygens (including phenoxy) is 1. The Morgan fingerprint density at radius 1 is 1.26 bits per heavy atom. The molecule has 0 heterocycles. The molecule has 0 aliphatic carbocycles. The maximum Gasteiger partial charge on any atom is 0.260 e. The molecule has 19 heavy (non-hydrogen) atoms. The number of carbonyl (C=O) groups is 2. The molecule has 0 aliphatic rings. The first kappa shape index (κ1) is 15.5. The summed E-state index contributed by atoms with van der Waals surface area (Å²) < 4.78 is 5.49. The lowest BCUT2D eigenvalue weighted by Gasteiger charge is -2.17. The van der Waals surface area contributed by atoms with Crippen LogP contribution < -0.4 is 10.1 Å². The van der Waals surface area contributed by atoms with Gasteiger partial charge in [0.2, 0.25) is 0 Å². The molecule has 1 aromatic carbocycles. The van der Waals surface area contributed by atoms with Crippen LogP contribution in [0.5, 0.6) is 5.75 Å². The summed E-state index contributed by atoms with van der Waals surface area (Å²) in [7, 11) is 0. The number of hydrogen-bond donors (Lipinski definition) is 1. The van der Waals surface area contributed by atoms with Crippen molar-refractivity contribution in [2.45, 2.75) is 39.8 Å². The van der Waals surface area contributed by atoms with Crippen LogP contribution in [0.4, 0.5) is 0 Å². The van der Waals surface area contributed by atoms with Crippen LogP contribution in [0.3, 0.4) is 0 Å². The van der Waals surface area contributed by atoms with Crippen molar-refractivity contribution in [2.24, 2.45) is 0 Å². The maximum absolute atomic E-state index is 11.7. The van der Waals surface area contributed by atoms with E-state index in [4.69, 9.17) is 16.3 Å². The molecule has 1 atom stereocenters. The van der Waals surface area contributed by atoms with Gasteiger partial charge in [0, 0.05) is 11.6 Å². The number of benzene rings is 1. The Bertz CT molecular complexity index is 486. The van der Waals surface area contributed by atoms with Crippen LogP contribution in [0, 0.1) is 0 Å². The smallest absolute Gasteiger partial charge is 0.260 e. The van der Waals surface area contributed by atoms with Gasteiger partial charge in [-0.1, -0.05) is 11.6 Å². The Kier molecular flexibility index (Phi) is 5.36. The molecule has 0 saturated heterocycles. The summed E-state index contributed by atoms with van der Waals surface area (Å²) in [4.78, 5) is 22.9. The molecular weight excluding hydrogens is 266 g/mol. The van der Waals surface area contributed by atoms with Gasteiger partial charge in [0.15, 0.2) is 11.9 Å². The van der Waals surface area contributed by atoms with Crippen LogP contribution in [0.25, 0.3) is 0 Å². The number of carbonyl (C=O) groups excluding carboxylic acids is 2. The molecule has 0 aliphatic heterocycles. The lowest BCUT2D eigenvalue weighted by Crippen LogP contribution is -2.40. The second-order valence-corrected chi connectivity index (χ2v) is 5.03. The summed E-state index contributed by atoms with van der Waals surface area (Å²) in [5.41, 5.74) is 0.511. The predicted octanol–water partition coefficient (Wildman–Crippen LogP) is 2.83. The normalized spacial score (nSPS) is 12.1. The number of amides is 1. The Balaban J connectivity index is 2.77. The average molecular weight is 284 g/mol.